The first-order valence-electron chi connectivity index (χ1n) is 4.67. The Kier molecular flexibility index (Phi) is 9.37. The molecule has 0 atom stereocenters. The van der Waals surface area contributed by atoms with E-state index in [1.165, 1.54) is 6.92 Å². The third-order valence-corrected chi connectivity index (χ3v) is 3.59. The quantitative estimate of drug-likeness (QED) is 0.371. The second-order valence-corrected chi connectivity index (χ2v) is 5.66. The lowest BCUT2D eigenvalue weighted by Gasteiger charge is -2.17. The van der Waals surface area contributed by atoms with Crippen molar-refractivity contribution in [3.05, 3.63) is 0 Å². The number of esters is 1. The standard InChI is InChI=1S/C8H15Cl2O5P/c1-8(11)13-6-7-16(12,14-4-2-9)15-5-3-10/h2-7H2,1H3. The first-order valence-corrected chi connectivity index (χ1v) is 7.47. The van der Waals surface area contributed by atoms with Crippen molar-refractivity contribution < 1.29 is 23.1 Å². The Balaban J connectivity index is 4.07. The van der Waals surface area contributed by atoms with Gasteiger partial charge in [0, 0.05) is 18.7 Å². The van der Waals surface area contributed by atoms with Gasteiger partial charge in [0.05, 0.1) is 19.4 Å². The number of carbonyl (C=O) groups is 1. The van der Waals surface area contributed by atoms with Gasteiger partial charge in [-0.25, -0.2) is 0 Å². The van der Waals surface area contributed by atoms with Gasteiger partial charge in [-0.1, -0.05) is 0 Å². The number of rotatable bonds is 9. The maximum atomic E-state index is 12.0. The van der Waals surface area contributed by atoms with E-state index >= 15 is 0 Å². The molecule has 0 aromatic rings. The molecule has 5 nitrogen and oxygen atoms in total. The highest BCUT2D eigenvalue weighted by Crippen LogP contribution is 2.47. The van der Waals surface area contributed by atoms with Crippen molar-refractivity contribution in [2.45, 2.75) is 6.92 Å². The summed E-state index contributed by atoms with van der Waals surface area (Å²) in [5, 5.41) is 0. The fourth-order valence-corrected chi connectivity index (χ4v) is 2.57. The second kappa shape index (κ2) is 9.25. The van der Waals surface area contributed by atoms with Crippen LogP contribution >= 0.6 is 30.8 Å². The number of ether oxygens (including phenoxy) is 1. The van der Waals surface area contributed by atoms with E-state index in [4.69, 9.17) is 32.2 Å². The molecule has 0 saturated heterocycles. The topological polar surface area (TPSA) is 61.8 Å². The zero-order valence-electron chi connectivity index (χ0n) is 8.99. The van der Waals surface area contributed by atoms with Crippen LogP contribution in [0.5, 0.6) is 0 Å². The second-order valence-electron chi connectivity index (χ2n) is 2.72. The van der Waals surface area contributed by atoms with Crippen LogP contribution in [0.3, 0.4) is 0 Å². The lowest BCUT2D eigenvalue weighted by molar-refractivity contribution is -0.140. The van der Waals surface area contributed by atoms with Gasteiger partial charge in [0.1, 0.15) is 6.61 Å². The van der Waals surface area contributed by atoms with Gasteiger partial charge in [-0.15, -0.1) is 23.2 Å². The number of hydrogen-bond acceptors (Lipinski definition) is 5. The van der Waals surface area contributed by atoms with Crippen molar-refractivity contribution in [1.82, 2.24) is 0 Å². The molecule has 0 aromatic heterocycles. The molecule has 0 N–H and O–H groups in total. The smallest absolute Gasteiger partial charge is 0.334 e. The third kappa shape index (κ3) is 8.36. The number of halogens is 2. The highest BCUT2D eigenvalue weighted by Gasteiger charge is 2.24. The van der Waals surface area contributed by atoms with Crippen LogP contribution in [0.25, 0.3) is 0 Å². The van der Waals surface area contributed by atoms with Crippen molar-refractivity contribution in [3.63, 3.8) is 0 Å². The van der Waals surface area contributed by atoms with Crippen molar-refractivity contribution in [2.24, 2.45) is 0 Å². The minimum atomic E-state index is -3.25. The van der Waals surface area contributed by atoms with Crippen LogP contribution in [0.15, 0.2) is 0 Å². The lowest BCUT2D eigenvalue weighted by atomic mass is 10.8. The number of carbonyl (C=O) groups excluding carboxylic acids is 1. The van der Waals surface area contributed by atoms with Gasteiger partial charge in [0.25, 0.3) is 0 Å². The first-order chi connectivity index (χ1) is 7.54. The van der Waals surface area contributed by atoms with Gasteiger partial charge in [0.15, 0.2) is 0 Å². The van der Waals surface area contributed by atoms with E-state index in [2.05, 4.69) is 4.74 Å². The average Bonchev–Trinajstić information content (AvgIpc) is 2.23. The Bertz CT molecular complexity index is 237. The van der Waals surface area contributed by atoms with Gasteiger partial charge in [-0.2, -0.15) is 0 Å². The molecule has 96 valence electrons. The van der Waals surface area contributed by atoms with E-state index in [1.54, 1.807) is 0 Å². The highest BCUT2D eigenvalue weighted by atomic mass is 35.5. The molecule has 0 rings (SSSR count). The lowest BCUT2D eigenvalue weighted by Crippen LogP contribution is -2.10. The average molecular weight is 293 g/mol. The summed E-state index contributed by atoms with van der Waals surface area (Å²) in [4.78, 5) is 10.5. The highest BCUT2D eigenvalue weighted by molar-refractivity contribution is 7.53. The predicted molar refractivity (Wildman–Crippen MR) is 62.5 cm³/mol. The zero-order valence-corrected chi connectivity index (χ0v) is 11.4. The summed E-state index contributed by atoms with van der Waals surface area (Å²) < 4.78 is 26.6. The molecule has 0 bridgehead atoms. The molecule has 0 aliphatic heterocycles. The minimum absolute atomic E-state index is 0.000355. The molecule has 0 radical (unpaired) electrons. The Labute approximate surface area is 105 Å². The largest absolute Gasteiger partial charge is 0.465 e. The SMILES string of the molecule is CC(=O)OCCP(=O)(OCCCl)OCCCl. The van der Waals surface area contributed by atoms with E-state index in [9.17, 15) is 9.36 Å². The van der Waals surface area contributed by atoms with Crippen LogP contribution in [0.2, 0.25) is 0 Å². The number of hydrogen-bond donors (Lipinski definition) is 0. The molecule has 0 aliphatic rings. The van der Waals surface area contributed by atoms with Crippen LogP contribution in [0.4, 0.5) is 0 Å². The summed E-state index contributed by atoms with van der Waals surface area (Å²) in [7, 11) is -3.25. The molecule has 0 heterocycles. The Hall–Kier alpha value is 0.200. The summed E-state index contributed by atoms with van der Waals surface area (Å²) in [6, 6.07) is 0. The summed E-state index contributed by atoms with van der Waals surface area (Å²) >= 11 is 10.8. The Morgan fingerprint density at radius 3 is 2.00 bits per heavy atom. The maximum absolute atomic E-state index is 12.0. The first kappa shape index (κ1) is 16.2. The molecule has 0 amide bonds. The third-order valence-electron chi connectivity index (χ3n) is 1.40. The molecule has 0 aliphatic carbocycles. The van der Waals surface area contributed by atoms with E-state index < -0.39 is 13.6 Å². The zero-order chi connectivity index (χ0) is 12.4. The molecular formula is C8H15Cl2O5P. The van der Waals surface area contributed by atoms with Crippen LogP contribution in [0, 0.1) is 0 Å². The van der Waals surface area contributed by atoms with E-state index in [0.29, 0.717) is 0 Å². The van der Waals surface area contributed by atoms with Crippen LogP contribution in [-0.2, 0) is 23.1 Å². The van der Waals surface area contributed by atoms with Crippen molar-refractivity contribution in [2.75, 3.05) is 37.7 Å². The summed E-state index contributed by atoms with van der Waals surface area (Å²) in [5.74, 6) is -0.0231. The molecule has 0 unspecified atom stereocenters. The molecule has 0 saturated carbocycles. The molecule has 8 heteroatoms. The minimum Gasteiger partial charge on any atom is -0.465 e. The van der Waals surface area contributed by atoms with Gasteiger partial charge >= 0.3 is 13.6 Å². The fraction of sp³-hybridized carbons (Fsp3) is 0.875. The van der Waals surface area contributed by atoms with Crippen LogP contribution in [-0.4, -0.2) is 43.7 Å². The van der Waals surface area contributed by atoms with E-state index in [1.807, 2.05) is 0 Å². The van der Waals surface area contributed by atoms with Crippen molar-refractivity contribution in [1.29, 1.82) is 0 Å². The summed E-state index contributed by atoms with van der Waals surface area (Å²) in [5.41, 5.74) is 0. The maximum Gasteiger partial charge on any atom is 0.334 e. The Morgan fingerprint density at radius 2 is 1.62 bits per heavy atom. The van der Waals surface area contributed by atoms with Crippen molar-refractivity contribution >= 4 is 36.8 Å². The predicted octanol–water partition coefficient (Wildman–Crippen LogP) is 2.25. The summed E-state index contributed by atoms with van der Waals surface area (Å²) in [6.45, 7) is 1.48. The van der Waals surface area contributed by atoms with Crippen molar-refractivity contribution in [3.8, 4) is 0 Å². The summed E-state index contributed by atoms with van der Waals surface area (Å²) in [6.07, 6.45) is 0.000355. The molecular weight excluding hydrogens is 278 g/mol. The monoisotopic (exact) mass is 292 g/mol. The fourth-order valence-electron chi connectivity index (χ4n) is 0.815. The van der Waals surface area contributed by atoms with E-state index in [-0.39, 0.29) is 37.7 Å². The van der Waals surface area contributed by atoms with Gasteiger partial charge in [0.2, 0.25) is 0 Å². The van der Waals surface area contributed by atoms with Gasteiger partial charge in [-0.05, 0) is 0 Å². The number of alkyl halides is 2. The normalized spacial score (nSPS) is 11.4. The Morgan fingerprint density at radius 1 is 1.12 bits per heavy atom. The molecule has 0 aromatic carbocycles. The molecule has 0 fully saturated rings. The molecule has 16 heavy (non-hydrogen) atoms. The van der Waals surface area contributed by atoms with Crippen LogP contribution in [0.1, 0.15) is 6.92 Å². The molecule has 0 spiro atoms. The van der Waals surface area contributed by atoms with Gasteiger partial charge < -0.3 is 13.8 Å². The van der Waals surface area contributed by atoms with Crippen LogP contribution < -0.4 is 0 Å². The van der Waals surface area contributed by atoms with E-state index in [0.717, 1.165) is 0 Å². The van der Waals surface area contributed by atoms with Gasteiger partial charge in [-0.3, -0.25) is 9.36 Å².